The first-order valence-corrected chi connectivity index (χ1v) is 6.11. The smallest absolute Gasteiger partial charge is 0.407 e. The molecule has 104 valence electrons. The van der Waals surface area contributed by atoms with Crippen molar-refractivity contribution in [2.75, 3.05) is 26.2 Å². The average molecular weight is 259 g/mol. The molecule has 0 saturated carbocycles. The number of hydrogen-bond donors (Lipinski definition) is 4. The second-order valence-electron chi connectivity index (χ2n) is 4.66. The van der Waals surface area contributed by atoms with Crippen molar-refractivity contribution in [2.45, 2.75) is 25.9 Å². The van der Waals surface area contributed by atoms with Crippen LogP contribution in [0.2, 0.25) is 0 Å². The highest BCUT2D eigenvalue weighted by atomic mass is 16.5. The zero-order chi connectivity index (χ0) is 13.5. The minimum atomic E-state index is -1.06. The molecule has 1 rings (SSSR count). The van der Waals surface area contributed by atoms with E-state index in [-0.39, 0.29) is 18.6 Å². The van der Waals surface area contributed by atoms with E-state index >= 15 is 0 Å². The Hall–Kier alpha value is -1.34. The number of carbonyl (C=O) groups excluding carboxylic acids is 1. The quantitative estimate of drug-likeness (QED) is 0.525. The molecule has 0 radical (unpaired) electrons. The summed E-state index contributed by atoms with van der Waals surface area (Å²) in [5.41, 5.74) is 0. The summed E-state index contributed by atoms with van der Waals surface area (Å²) in [4.78, 5) is 22.3. The molecule has 1 aliphatic heterocycles. The minimum Gasteiger partial charge on any atom is -0.480 e. The number of hydrogen-bond acceptors (Lipinski definition) is 5. The minimum absolute atomic E-state index is 0.0758. The lowest BCUT2D eigenvalue weighted by molar-refractivity contribution is -0.140. The molecule has 0 bridgehead atoms. The molecule has 0 aliphatic carbocycles. The van der Waals surface area contributed by atoms with Crippen LogP contribution in [-0.4, -0.2) is 55.5 Å². The Morgan fingerprint density at radius 2 is 2.17 bits per heavy atom. The van der Waals surface area contributed by atoms with Gasteiger partial charge < -0.3 is 25.8 Å². The summed E-state index contributed by atoms with van der Waals surface area (Å²) in [7, 11) is 0. The number of aliphatic carboxylic acids is 1. The zero-order valence-electron chi connectivity index (χ0n) is 10.7. The van der Waals surface area contributed by atoms with Gasteiger partial charge in [0.2, 0.25) is 0 Å². The molecule has 4 N–H and O–H groups in total. The lowest BCUT2D eigenvalue weighted by atomic mass is 10.1. The van der Waals surface area contributed by atoms with Crippen LogP contribution in [0.25, 0.3) is 0 Å². The number of rotatable bonds is 5. The van der Waals surface area contributed by atoms with Crippen molar-refractivity contribution in [3.05, 3.63) is 0 Å². The van der Waals surface area contributed by atoms with Crippen LogP contribution in [0.5, 0.6) is 0 Å². The highest BCUT2D eigenvalue weighted by Crippen LogP contribution is 2.02. The maximum absolute atomic E-state index is 11.5. The van der Waals surface area contributed by atoms with Gasteiger partial charge in [-0.3, -0.25) is 0 Å². The van der Waals surface area contributed by atoms with E-state index in [2.05, 4.69) is 16.0 Å². The topological polar surface area (TPSA) is 99.7 Å². The van der Waals surface area contributed by atoms with Gasteiger partial charge in [0.1, 0.15) is 12.6 Å². The number of nitrogens with one attached hydrogen (secondary N) is 3. The lowest BCUT2D eigenvalue weighted by Gasteiger charge is -2.24. The van der Waals surface area contributed by atoms with Gasteiger partial charge in [-0.25, -0.2) is 9.59 Å². The molecule has 0 aromatic rings. The summed E-state index contributed by atoms with van der Waals surface area (Å²) in [6.07, 6.45) is -0.691. The van der Waals surface area contributed by atoms with Crippen molar-refractivity contribution in [1.82, 2.24) is 16.0 Å². The third-order valence-corrected chi connectivity index (χ3v) is 2.75. The zero-order valence-corrected chi connectivity index (χ0v) is 10.7. The molecule has 7 heteroatoms. The van der Waals surface area contributed by atoms with Crippen LogP contribution in [0.3, 0.4) is 0 Å². The molecule has 0 aromatic carbocycles. The van der Waals surface area contributed by atoms with E-state index in [0.29, 0.717) is 0 Å². The van der Waals surface area contributed by atoms with Crippen LogP contribution in [-0.2, 0) is 9.53 Å². The molecule has 1 unspecified atom stereocenters. The highest BCUT2D eigenvalue weighted by Gasteiger charge is 2.24. The van der Waals surface area contributed by atoms with Gasteiger partial charge in [-0.1, -0.05) is 13.8 Å². The first kappa shape index (κ1) is 14.7. The van der Waals surface area contributed by atoms with E-state index in [1.54, 1.807) is 13.8 Å². The molecule has 2 atom stereocenters. The lowest BCUT2D eigenvalue weighted by Crippen LogP contribution is -2.51. The van der Waals surface area contributed by atoms with E-state index in [9.17, 15) is 9.59 Å². The van der Waals surface area contributed by atoms with Crippen LogP contribution >= 0.6 is 0 Å². The SMILES string of the molecule is CC(C)[C@H](NC(=O)OCC1CNCCN1)C(=O)O. The Morgan fingerprint density at radius 1 is 1.44 bits per heavy atom. The van der Waals surface area contributed by atoms with Crippen molar-refractivity contribution in [2.24, 2.45) is 5.92 Å². The first-order valence-electron chi connectivity index (χ1n) is 6.11. The van der Waals surface area contributed by atoms with E-state index in [4.69, 9.17) is 9.84 Å². The molecule has 1 aliphatic rings. The van der Waals surface area contributed by atoms with E-state index in [0.717, 1.165) is 19.6 Å². The Morgan fingerprint density at radius 3 is 2.67 bits per heavy atom. The fraction of sp³-hybridized carbons (Fsp3) is 0.818. The standard InChI is InChI=1S/C11H21N3O4/c1-7(2)9(10(15)16)14-11(17)18-6-8-5-12-3-4-13-8/h7-9,12-13H,3-6H2,1-2H3,(H,14,17)(H,15,16)/t8?,9-/m0/s1. The summed E-state index contributed by atoms with van der Waals surface area (Å²) in [6.45, 7) is 6.15. The van der Waals surface area contributed by atoms with E-state index in [1.807, 2.05) is 0 Å². The third-order valence-electron chi connectivity index (χ3n) is 2.75. The van der Waals surface area contributed by atoms with Crippen molar-refractivity contribution in [1.29, 1.82) is 0 Å². The normalized spacial score (nSPS) is 21.4. The molecular weight excluding hydrogens is 238 g/mol. The molecule has 1 heterocycles. The second-order valence-corrected chi connectivity index (χ2v) is 4.66. The molecule has 1 fully saturated rings. The fourth-order valence-electron chi connectivity index (χ4n) is 1.69. The number of carboxylic acid groups (broad SMARTS) is 1. The van der Waals surface area contributed by atoms with Crippen LogP contribution < -0.4 is 16.0 Å². The van der Waals surface area contributed by atoms with Crippen LogP contribution in [0.15, 0.2) is 0 Å². The number of carbonyl (C=O) groups is 2. The van der Waals surface area contributed by atoms with Gasteiger partial charge in [0.15, 0.2) is 0 Å². The summed E-state index contributed by atoms with van der Waals surface area (Å²) in [5, 5.41) is 17.6. The number of piperazine rings is 1. The summed E-state index contributed by atoms with van der Waals surface area (Å²) < 4.78 is 5.00. The summed E-state index contributed by atoms with van der Waals surface area (Å²) in [6, 6.07) is -0.846. The van der Waals surface area contributed by atoms with Gasteiger partial charge in [-0.15, -0.1) is 0 Å². The van der Waals surface area contributed by atoms with Gasteiger partial charge >= 0.3 is 12.1 Å². The van der Waals surface area contributed by atoms with Gasteiger partial charge in [0.05, 0.1) is 6.04 Å². The number of alkyl carbamates (subject to hydrolysis) is 1. The van der Waals surface area contributed by atoms with Crippen LogP contribution in [0.4, 0.5) is 4.79 Å². The molecule has 7 nitrogen and oxygen atoms in total. The Balaban J connectivity index is 2.29. The Labute approximate surface area is 106 Å². The average Bonchev–Trinajstić information content (AvgIpc) is 2.34. The Bertz CT molecular complexity index is 290. The molecule has 1 saturated heterocycles. The van der Waals surface area contributed by atoms with E-state index in [1.165, 1.54) is 0 Å². The maximum atomic E-state index is 11.5. The van der Waals surface area contributed by atoms with Crippen molar-refractivity contribution >= 4 is 12.1 Å². The highest BCUT2D eigenvalue weighted by molar-refractivity contribution is 5.80. The summed E-state index contributed by atoms with van der Waals surface area (Å²) >= 11 is 0. The van der Waals surface area contributed by atoms with E-state index < -0.39 is 18.1 Å². The largest absolute Gasteiger partial charge is 0.480 e. The molecule has 1 amide bonds. The number of ether oxygens (including phenoxy) is 1. The molecular formula is C11H21N3O4. The van der Waals surface area contributed by atoms with Gasteiger partial charge in [-0.2, -0.15) is 0 Å². The molecule has 0 aromatic heterocycles. The molecule has 0 spiro atoms. The number of carboxylic acids is 1. The van der Waals surface area contributed by atoms with Crippen molar-refractivity contribution in [3.63, 3.8) is 0 Å². The van der Waals surface area contributed by atoms with Crippen molar-refractivity contribution in [3.8, 4) is 0 Å². The van der Waals surface area contributed by atoms with Gasteiger partial charge in [0, 0.05) is 19.6 Å². The molecule has 18 heavy (non-hydrogen) atoms. The summed E-state index contributed by atoms with van der Waals surface area (Å²) in [5.74, 6) is -1.25. The second kappa shape index (κ2) is 7.17. The van der Waals surface area contributed by atoms with Gasteiger partial charge in [0.25, 0.3) is 0 Å². The fourth-order valence-corrected chi connectivity index (χ4v) is 1.69. The maximum Gasteiger partial charge on any atom is 0.407 e. The van der Waals surface area contributed by atoms with Gasteiger partial charge in [-0.05, 0) is 5.92 Å². The Kier molecular flexibility index (Phi) is 5.87. The van der Waals surface area contributed by atoms with Crippen molar-refractivity contribution < 1.29 is 19.4 Å². The predicted octanol–water partition coefficient (Wildman–Crippen LogP) is -0.617. The first-order chi connectivity index (χ1) is 8.50. The number of amides is 1. The monoisotopic (exact) mass is 259 g/mol. The third kappa shape index (κ3) is 4.89. The predicted molar refractivity (Wildman–Crippen MR) is 65.4 cm³/mol. The van der Waals surface area contributed by atoms with Crippen LogP contribution in [0.1, 0.15) is 13.8 Å². The van der Waals surface area contributed by atoms with Crippen LogP contribution in [0, 0.1) is 5.92 Å².